The molecule has 0 amide bonds. The van der Waals surface area contributed by atoms with Gasteiger partial charge >= 0.3 is 0 Å². The average Bonchev–Trinajstić information content (AvgIpc) is 3.33. The van der Waals surface area contributed by atoms with Gasteiger partial charge in [0.25, 0.3) is 0 Å². The lowest BCUT2D eigenvalue weighted by atomic mass is 10.0. The Morgan fingerprint density at radius 1 is 1.23 bits per heavy atom. The first-order valence-corrected chi connectivity index (χ1v) is 8.62. The van der Waals surface area contributed by atoms with Gasteiger partial charge in [-0.25, -0.2) is 0 Å². The first-order chi connectivity index (χ1) is 12.8. The van der Waals surface area contributed by atoms with E-state index in [1.54, 1.807) is 19.5 Å². The predicted molar refractivity (Wildman–Crippen MR) is 89.5 cm³/mol. The molecule has 0 bridgehead atoms. The maximum Gasteiger partial charge on any atom is 0.244 e. The van der Waals surface area contributed by atoms with Crippen LogP contribution in [0.3, 0.4) is 0 Å². The van der Waals surface area contributed by atoms with Crippen molar-refractivity contribution >= 4 is 0 Å². The molecule has 0 spiro atoms. The number of hydrogen-bond acceptors (Lipinski definition) is 9. The van der Waals surface area contributed by atoms with E-state index in [2.05, 4.69) is 30.2 Å². The second-order valence-electron chi connectivity index (χ2n) is 6.22. The van der Waals surface area contributed by atoms with Crippen molar-refractivity contribution in [3.8, 4) is 11.4 Å². The molecule has 136 valence electrons. The van der Waals surface area contributed by atoms with Crippen LogP contribution in [-0.4, -0.2) is 43.8 Å². The Hall–Kier alpha value is -2.65. The Labute approximate surface area is 150 Å². The quantitative estimate of drug-likeness (QED) is 0.658. The zero-order valence-corrected chi connectivity index (χ0v) is 14.5. The number of methoxy groups -OCH3 is 1. The van der Waals surface area contributed by atoms with Crippen LogP contribution < -0.4 is 0 Å². The third-order valence-electron chi connectivity index (χ3n) is 4.38. The highest BCUT2D eigenvalue weighted by molar-refractivity contribution is 5.51. The van der Waals surface area contributed by atoms with Crippen LogP contribution in [0.4, 0.5) is 0 Å². The molecule has 4 rings (SSSR count). The van der Waals surface area contributed by atoms with Crippen molar-refractivity contribution in [1.29, 1.82) is 0 Å². The van der Waals surface area contributed by atoms with Crippen LogP contribution in [0.2, 0.25) is 0 Å². The Kier molecular flexibility index (Phi) is 4.98. The number of ether oxygens (including phenoxy) is 1. The van der Waals surface area contributed by atoms with Gasteiger partial charge in [0, 0.05) is 25.1 Å². The van der Waals surface area contributed by atoms with Crippen LogP contribution in [0.15, 0.2) is 33.6 Å². The van der Waals surface area contributed by atoms with Crippen molar-refractivity contribution < 1.29 is 13.8 Å². The Balaban J connectivity index is 1.49. The van der Waals surface area contributed by atoms with Gasteiger partial charge in [-0.1, -0.05) is 16.7 Å². The van der Waals surface area contributed by atoms with E-state index in [1.165, 1.54) is 0 Å². The fraction of sp³-hybridized carbons (Fsp3) is 0.471. The van der Waals surface area contributed by atoms with Gasteiger partial charge in [0.1, 0.15) is 6.61 Å². The minimum absolute atomic E-state index is 0.0515. The summed E-state index contributed by atoms with van der Waals surface area (Å²) in [6, 6.07) is 3.80. The van der Waals surface area contributed by atoms with Crippen LogP contribution in [0, 0.1) is 0 Å². The van der Waals surface area contributed by atoms with Crippen molar-refractivity contribution in [2.24, 2.45) is 0 Å². The number of pyridine rings is 1. The van der Waals surface area contributed by atoms with E-state index < -0.39 is 0 Å². The van der Waals surface area contributed by atoms with Gasteiger partial charge in [-0.3, -0.25) is 9.88 Å². The summed E-state index contributed by atoms with van der Waals surface area (Å²) in [5.74, 6) is 2.28. The summed E-state index contributed by atoms with van der Waals surface area (Å²) >= 11 is 0. The molecule has 1 aliphatic rings. The average molecular weight is 356 g/mol. The lowest BCUT2D eigenvalue weighted by Crippen LogP contribution is -2.33. The minimum atomic E-state index is 0.0515. The van der Waals surface area contributed by atoms with Gasteiger partial charge in [0.15, 0.2) is 5.82 Å². The van der Waals surface area contributed by atoms with Crippen molar-refractivity contribution in [3.63, 3.8) is 0 Å². The summed E-state index contributed by atoms with van der Waals surface area (Å²) < 4.78 is 15.9. The normalized spacial score (nSPS) is 18.3. The lowest BCUT2D eigenvalue weighted by Gasteiger charge is -2.31. The second kappa shape index (κ2) is 7.71. The molecule has 1 saturated heterocycles. The maximum atomic E-state index is 5.44. The smallest absolute Gasteiger partial charge is 0.244 e. The summed E-state index contributed by atoms with van der Waals surface area (Å²) in [4.78, 5) is 15.3. The molecule has 0 saturated carbocycles. The number of hydrogen-bond donors (Lipinski definition) is 0. The van der Waals surface area contributed by atoms with Crippen LogP contribution in [0.1, 0.15) is 42.9 Å². The van der Waals surface area contributed by atoms with Crippen LogP contribution in [0.5, 0.6) is 0 Å². The fourth-order valence-corrected chi connectivity index (χ4v) is 3.16. The van der Waals surface area contributed by atoms with E-state index in [9.17, 15) is 0 Å². The largest absolute Gasteiger partial charge is 0.377 e. The fourth-order valence-electron chi connectivity index (χ4n) is 3.16. The molecule has 1 atom stereocenters. The molecule has 0 aromatic carbocycles. The maximum absolute atomic E-state index is 5.44. The first-order valence-electron chi connectivity index (χ1n) is 8.62. The SMILES string of the molecule is COCc1noc(C2CCCCN2Cc2nc(-c3cccnc3)no2)n1. The Morgan fingerprint density at radius 3 is 3.04 bits per heavy atom. The van der Waals surface area contributed by atoms with Gasteiger partial charge in [-0.15, -0.1) is 0 Å². The zero-order valence-electron chi connectivity index (χ0n) is 14.5. The van der Waals surface area contributed by atoms with Crippen molar-refractivity contribution in [1.82, 2.24) is 30.2 Å². The van der Waals surface area contributed by atoms with E-state index >= 15 is 0 Å². The van der Waals surface area contributed by atoms with E-state index in [1.807, 2.05) is 12.1 Å². The molecule has 3 aromatic rings. The van der Waals surface area contributed by atoms with Crippen LogP contribution in [0.25, 0.3) is 11.4 Å². The molecule has 3 aromatic heterocycles. The summed E-state index contributed by atoms with van der Waals surface area (Å²) in [5.41, 5.74) is 0.832. The summed E-state index contributed by atoms with van der Waals surface area (Å²) in [6.45, 7) is 1.80. The molecule has 1 fully saturated rings. The van der Waals surface area contributed by atoms with Gasteiger partial charge in [0.2, 0.25) is 17.6 Å². The standard InChI is InChI=1S/C17H20N6O3/c1-24-11-14-19-17(26-21-14)13-6-2-3-8-23(13)10-15-20-16(22-25-15)12-5-4-7-18-9-12/h4-5,7,9,13H,2-3,6,8,10-11H2,1H3. The highest BCUT2D eigenvalue weighted by atomic mass is 16.5. The molecule has 26 heavy (non-hydrogen) atoms. The molecule has 1 aliphatic heterocycles. The first kappa shape index (κ1) is 16.8. The number of likely N-dealkylation sites (tertiary alicyclic amines) is 1. The van der Waals surface area contributed by atoms with Gasteiger partial charge in [0.05, 0.1) is 12.6 Å². The van der Waals surface area contributed by atoms with E-state index in [-0.39, 0.29) is 6.04 Å². The van der Waals surface area contributed by atoms with Crippen LogP contribution >= 0.6 is 0 Å². The van der Waals surface area contributed by atoms with Crippen molar-refractivity contribution in [3.05, 3.63) is 42.1 Å². The predicted octanol–water partition coefficient (Wildman–Crippen LogP) is 2.39. The summed E-state index contributed by atoms with van der Waals surface area (Å²) in [6.07, 6.45) is 6.62. The molecule has 4 heterocycles. The molecule has 0 radical (unpaired) electrons. The molecular weight excluding hydrogens is 336 g/mol. The Morgan fingerprint density at radius 2 is 2.19 bits per heavy atom. The Bertz CT molecular complexity index is 834. The molecule has 0 N–H and O–H groups in total. The van der Waals surface area contributed by atoms with E-state index in [0.717, 1.165) is 31.4 Å². The number of nitrogens with zero attached hydrogens (tertiary/aromatic N) is 6. The number of aromatic nitrogens is 5. The molecule has 9 nitrogen and oxygen atoms in total. The molecule has 0 aliphatic carbocycles. The summed E-state index contributed by atoms with van der Waals surface area (Å²) in [5, 5.41) is 8.03. The molecule has 1 unspecified atom stereocenters. The molecule has 9 heteroatoms. The number of piperidine rings is 1. The highest BCUT2D eigenvalue weighted by Gasteiger charge is 2.30. The topological polar surface area (TPSA) is 103 Å². The van der Waals surface area contributed by atoms with Gasteiger partial charge in [-0.2, -0.15) is 9.97 Å². The van der Waals surface area contributed by atoms with Crippen molar-refractivity contribution in [2.75, 3.05) is 13.7 Å². The van der Waals surface area contributed by atoms with Gasteiger partial charge < -0.3 is 13.8 Å². The number of rotatable bonds is 6. The van der Waals surface area contributed by atoms with E-state index in [0.29, 0.717) is 36.6 Å². The van der Waals surface area contributed by atoms with Gasteiger partial charge in [-0.05, 0) is 31.5 Å². The third-order valence-corrected chi connectivity index (χ3v) is 4.38. The lowest BCUT2D eigenvalue weighted by molar-refractivity contribution is 0.0985. The van der Waals surface area contributed by atoms with E-state index in [4.69, 9.17) is 13.8 Å². The third kappa shape index (κ3) is 3.63. The summed E-state index contributed by atoms with van der Waals surface area (Å²) in [7, 11) is 1.61. The van der Waals surface area contributed by atoms with Crippen LogP contribution in [-0.2, 0) is 17.9 Å². The minimum Gasteiger partial charge on any atom is -0.377 e. The monoisotopic (exact) mass is 356 g/mol. The molecular formula is C17H20N6O3. The zero-order chi connectivity index (χ0) is 17.8. The second-order valence-corrected chi connectivity index (χ2v) is 6.22. The van der Waals surface area contributed by atoms with Crippen molar-refractivity contribution in [2.45, 2.75) is 38.5 Å². The highest BCUT2D eigenvalue weighted by Crippen LogP contribution is 2.31.